The molecule has 0 aliphatic rings. The van der Waals surface area contributed by atoms with Gasteiger partial charge in [-0.05, 0) is 36.8 Å². The molecule has 0 aliphatic heterocycles. The van der Waals surface area contributed by atoms with Crippen molar-refractivity contribution >= 4 is 28.9 Å². The van der Waals surface area contributed by atoms with Gasteiger partial charge in [-0.15, -0.1) is 11.8 Å². The number of hydrogen-bond donors (Lipinski definition) is 1. The normalized spacial score (nSPS) is 12.4. The molecule has 3 rings (SSSR count). The molecule has 0 saturated carbocycles. The third kappa shape index (κ3) is 4.06. The highest BCUT2D eigenvalue weighted by Crippen LogP contribution is 2.25. The van der Waals surface area contributed by atoms with Gasteiger partial charge in [-0.1, -0.05) is 24.3 Å². The van der Waals surface area contributed by atoms with Gasteiger partial charge in [0.1, 0.15) is 5.52 Å². The molecule has 5 heteroatoms. The number of methoxy groups -OCH3 is 1. The second kappa shape index (κ2) is 7.53. The first-order valence-corrected chi connectivity index (χ1v) is 8.58. The maximum absolute atomic E-state index is 5.71. The fourth-order valence-corrected chi connectivity index (χ4v) is 3.11. The number of oxazole rings is 1. The van der Waals surface area contributed by atoms with Gasteiger partial charge in [0.05, 0.1) is 12.6 Å². The first-order chi connectivity index (χ1) is 11.3. The predicted molar refractivity (Wildman–Crippen MR) is 95.1 cm³/mol. The van der Waals surface area contributed by atoms with E-state index in [0.717, 1.165) is 23.5 Å². The van der Waals surface area contributed by atoms with E-state index in [2.05, 4.69) is 41.5 Å². The molecule has 0 radical (unpaired) electrons. The van der Waals surface area contributed by atoms with Crippen LogP contribution < -0.4 is 5.32 Å². The predicted octanol–water partition coefficient (Wildman–Crippen LogP) is 4.74. The molecule has 1 unspecified atom stereocenters. The number of nitrogens with one attached hydrogen (secondary N) is 1. The Bertz CT molecular complexity index is 722. The number of thioether (sulfide) groups is 1. The van der Waals surface area contributed by atoms with E-state index in [4.69, 9.17) is 9.15 Å². The number of ether oxygens (including phenoxy) is 1. The molecule has 23 heavy (non-hydrogen) atoms. The fourth-order valence-electron chi connectivity index (χ4n) is 2.30. The number of hydrogen-bond acceptors (Lipinski definition) is 5. The van der Waals surface area contributed by atoms with Crippen LogP contribution in [0.1, 0.15) is 18.5 Å². The van der Waals surface area contributed by atoms with E-state index in [1.165, 1.54) is 10.5 Å². The standard InChI is InChI=1S/C18H20N2O2S/c1-13(14-7-9-15(10-8-14)23-12-11-21-2)19-18-20-16-5-3-4-6-17(16)22-18/h3-10,13H,11-12H2,1-2H3,(H,19,20). The lowest BCUT2D eigenvalue weighted by atomic mass is 10.1. The Morgan fingerprint density at radius 2 is 1.96 bits per heavy atom. The van der Waals surface area contributed by atoms with Gasteiger partial charge >= 0.3 is 0 Å². The second-order valence-corrected chi connectivity index (χ2v) is 6.43. The van der Waals surface area contributed by atoms with E-state index >= 15 is 0 Å². The Morgan fingerprint density at radius 1 is 1.17 bits per heavy atom. The molecule has 1 N–H and O–H groups in total. The summed E-state index contributed by atoms with van der Waals surface area (Å²) in [6, 6.07) is 17.0. The third-order valence-corrected chi connectivity index (χ3v) is 4.55. The van der Waals surface area contributed by atoms with Gasteiger partial charge in [0, 0.05) is 17.8 Å². The van der Waals surface area contributed by atoms with E-state index in [-0.39, 0.29) is 6.04 Å². The maximum atomic E-state index is 5.71. The van der Waals surface area contributed by atoms with Crippen LogP contribution in [-0.4, -0.2) is 24.5 Å². The summed E-state index contributed by atoms with van der Waals surface area (Å²) in [7, 11) is 1.73. The summed E-state index contributed by atoms with van der Waals surface area (Å²) in [4.78, 5) is 5.70. The maximum Gasteiger partial charge on any atom is 0.296 e. The zero-order valence-electron chi connectivity index (χ0n) is 13.3. The summed E-state index contributed by atoms with van der Waals surface area (Å²) in [5.41, 5.74) is 2.86. The van der Waals surface area contributed by atoms with Crippen LogP contribution >= 0.6 is 11.8 Å². The molecule has 1 heterocycles. The lowest BCUT2D eigenvalue weighted by Gasteiger charge is -2.13. The molecule has 0 amide bonds. The molecule has 0 saturated heterocycles. The molecule has 1 atom stereocenters. The number of rotatable bonds is 7. The van der Waals surface area contributed by atoms with Gasteiger partial charge < -0.3 is 14.5 Å². The van der Waals surface area contributed by atoms with Crippen molar-refractivity contribution in [1.82, 2.24) is 4.98 Å². The molecule has 0 aliphatic carbocycles. The van der Waals surface area contributed by atoms with Gasteiger partial charge in [0.15, 0.2) is 5.58 Å². The molecular weight excluding hydrogens is 308 g/mol. The van der Waals surface area contributed by atoms with Gasteiger partial charge in [0.2, 0.25) is 0 Å². The second-order valence-electron chi connectivity index (χ2n) is 5.26. The number of nitrogens with zero attached hydrogens (tertiary/aromatic N) is 1. The highest BCUT2D eigenvalue weighted by atomic mass is 32.2. The van der Waals surface area contributed by atoms with Crippen LogP contribution in [0.5, 0.6) is 0 Å². The first kappa shape index (κ1) is 15.9. The summed E-state index contributed by atoms with van der Waals surface area (Å²) in [6.45, 7) is 2.87. The number of fused-ring (bicyclic) bond motifs is 1. The molecule has 120 valence electrons. The monoisotopic (exact) mass is 328 g/mol. The largest absolute Gasteiger partial charge is 0.424 e. The Labute approximate surface area is 140 Å². The third-order valence-electron chi connectivity index (χ3n) is 3.57. The van der Waals surface area contributed by atoms with Crippen LogP contribution in [0.25, 0.3) is 11.1 Å². The van der Waals surface area contributed by atoms with Crippen molar-refractivity contribution < 1.29 is 9.15 Å². The zero-order valence-corrected chi connectivity index (χ0v) is 14.1. The van der Waals surface area contributed by atoms with E-state index in [1.54, 1.807) is 18.9 Å². The molecule has 4 nitrogen and oxygen atoms in total. The zero-order chi connectivity index (χ0) is 16.1. The minimum atomic E-state index is 0.126. The van der Waals surface area contributed by atoms with Crippen LogP contribution in [0.15, 0.2) is 57.8 Å². The first-order valence-electron chi connectivity index (χ1n) is 7.60. The molecule has 0 bridgehead atoms. The average Bonchev–Trinajstić information content (AvgIpc) is 2.98. The molecule has 0 spiro atoms. The van der Waals surface area contributed by atoms with Crippen molar-refractivity contribution in [3.05, 3.63) is 54.1 Å². The van der Waals surface area contributed by atoms with E-state index < -0.39 is 0 Å². The highest BCUT2D eigenvalue weighted by molar-refractivity contribution is 7.99. The molecule has 2 aromatic carbocycles. The minimum Gasteiger partial charge on any atom is -0.424 e. The highest BCUT2D eigenvalue weighted by Gasteiger charge is 2.10. The van der Waals surface area contributed by atoms with Crippen molar-refractivity contribution in [2.24, 2.45) is 0 Å². The van der Waals surface area contributed by atoms with Crippen molar-refractivity contribution in [3.8, 4) is 0 Å². The molecular formula is C18H20N2O2S. The Kier molecular flexibility index (Phi) is 5.20. The Balaban J connectivity index is 1.64. The quantitative estimate of drug-likeness (QED) is 0.501. The number of para-hydroxylation sites is 2. The van der Waals surface area contributed by atoms with Gasteiger partial charge in [-0.2, -0.15) is 4.98 Å². The Morgan fingerprint density at radius 3 is 2.70 bits per heavy atom. The number of anilines is 1. The lowest BCUT2D eigenvalue weighted by molar-refractivity contribution is 0.218. The summed E-state index contributed by atoms with van der Waals surface area (Å²) in [5.74, 6) is 0.965. The van der Waals surface area contributed by atoms with Crippen molar-refractivity contribution in [3.63, 3.8) is 0 Å². The molecule has 3 aromatic rings. The SMILES string of the molecule is COCCSc1ccc(C(C)Nc2nc3ccccc3o2)cc1. The van der Waals surface area contributed by atoms with Crippen LogP contribution in [0.4, 0.5) is 6.01 Å². The van der Waals surface area contributed by atoms with E-state index in [1.807, 2.05) is 24.3 Å². The summed E-state index contributed by atoms with van der Waals surface area (Å²) < 4.78 is 10.8. The van der Waals surface area contributed by atoms with E-state index in [9.17, 15) is 0 Å². The average molecular weight is 328 g/mol. The van der Waals surface area contributed by atoms with Crippen molar-refractivity contribution in [2.45, 2.75) is 17.9 Å². The van der Waals surface area contributed by atoms with Crippen molar-refractivity contribution in [2.75, 3.05) is 24.8 Å². The molecule has 0 fully saturated rings. The summed E-state index contributed by atoms with van der Waals surface area (Å²) in [5, 5.41) is 3.31. The number of aromatic nitrogens is 1. The van der Waals surface area contributed by atoms with Crippen LogP contribution in [-0.2, 0) is 4.74 Å². The number of benzene rings is 2. The van der Waals surface area contributed by atoms with Crippen LogP contribution in [0, 0.1) is 0 Å². The van der Waals surface area contributed by atoms with Gasteiger partial charge in [0.25, 0.3) is 6.01 Å². The molecule has 1 aromatic heterocycles. The summed E-state index contributed by atoms with van der Waals surface area (Å²) >= 11 is 1.80. The summed E-state index contributed by atoms with van der Waals surface area (Å²) in [6.07, 6.45) is 0. The lowest BCUT2D eigenvalue weighted by Crippen LogP contribution is -2.06. The van der Waals surface area contributed by atoms with Crippen LogP contribution in [0.3, 0.4) is 0 Å². The smallest absolute Gasteiger partial charge is 0.296 e. The minimum absolute atomic E-state index is 0.126. The van der Waals surface area contributed by atoms with E-state index in [0.29, 0.717) is 6.01 Å². The van der Waals surface area contributed by atoms with Gasteiger partial charge in [-0.25, -0.2) is 0 Å². The topological polar surface area (TPSA) is 47.3 Å². The fraction of sp³-hybridized carbons (Fsp3) is 0.278. The van der Waals surface area contributed by atoms with Crippen molar-refractivity contribution in [1.29, 1.82) is 0 Å². The Hall–Kier alpha value is -1.98. The van der Waals surface area contributed by atoms with Gasteiger partial charge in [-0.3, -0.25) is 0 Å². The van der Waals surface area contributed by atoms with Crippen LogP contribution in [0.2, 0.25) is 0 Å².